The first-order valence-corrected chi connectivity index (χ1v) is 11.3. The lowest BCUT2D eigenvalue weighted by Gasteiger charge is -2.18. The van der Waals surface area contributed by atoms with Gasteiger partial charge in [0.1, 0.15) is 11.5 Å². The van der Waals surface area contributed by atoms with Crippen molar-refractivity contribution in [3.8, 4) is 11.5 Å². The molecule has 2 N–H and O–H groups in total. The molecule has 170 valence electrons. The Morgan fingerprint density at radius 2 is 1.30 bits per heavy atom. The summed E-state index contributed by atoms with van der Waals surface area (Å²) in [7, 11) is 0. The van der Waals surface area contributed by atoms with Crippen LogP contribution in [0.25, 0.3) is 17.2 Å². The quantitative estimate of drug-likeness (QED) is 0.217. The number of hydrogen-bond donors (Lipinski definition) is 2. The van der Waals surface area contributed by atoms with E-state index in [1.807, 2.05) is 36.4 Å². The van der Waals surface area contributed by atoms with E-state index in [2.05, 4.69) is 19.1 Å². The maximum atomic E-state index is 11.6. The maximum absolute atomic E-state index is 11.6. The smallest absolute Gasteiger partial charge is 0.330 e. The van der Waals surface area contributed by atoms with E-state index in [0.717, 1.165) is 47.1 Å². The predicted octanol–water partition coefficient (Wildman–Crippen LogP) is 6.82. The molecule has 0 aliphatic rings. The summed E-state index contributed by atoms with van der Waals surface area (Å²) >= 11 is 0. The van der Waals surface area contributed by atoms with E-state index in [9.17, 15) is 15.0 Å². The van der Waals surface area contributed by atoms with E-state index in [0.29, 0.717) is 6.61 Å². The summed E-state index contributed by atoms with van der Waals surface area (Å²) in [6.07, 6.45) is 6.15. The Morgan fingerprint density at radius 1 is 0.788 bits per heavy atom. The summed E-state index contributed by atoms with van der Waals surface area (Å²) in [4.78, 5) is 11.6. The van der Waals surface area contributed by atoms with E-state index in [-0.39, 0.29) is 17.5 Å². The number of allylic oxidation sites excluding steroid dienone is 1. The van der Waals surface area contributed by atoms with Crippen molar-refractivity contribution in [1.82, 2.24) is 0 Å². The van der Waals surface area contributed by atoms with Crippen molar-refractivity contribution in [3.63, 3.8) is 0 Å². The van der Waals surface area contributed by atoms with Gasteiger partial charge in [-0.25, -0.2) is 4.79 Å². The van der Waals surface area contributed by atoms with Crippen molar-refractivity contribution in [2.24, 2.45) is 0 Å². The number of esters is 1. The van der Waals surface area contributed by atoms with E-state index in [1.54, 1.807) is 37.3 Å². The third-order valence-electron chi connectivity index (χ3n) is 5.35. The van der Waals surface area contributed by atoms with Crippen molar-refractivity contribution in [2.75, 3.05) is 6.61 Å². The molecule has 0 spiro atoms. The Bertz CT molecular complexity index is 1060. The van der Waals surface area contributed by atoms with E-state index in [4.69, 9.17) is 4.74 Å². The lowest BCUT2D eigenvalue weighted by Crippen LogP contribution is -1.98. The molecule has 0 unspecified atom stereocenters. The maximum Gasteiger partial charge on any atom is 0.330 e. The average Bonchev–Trinajstić information content (AvgIpc) is 2.83. The van der Waals surface area contributed by atoms with Gasteiger partial charge in [-0.3, -0.25) is 0 Å². The number of carbonyl (C=O) groups excluding carboxylic acids is 1. The van der Waals surface area contributed by atoms with Gasteiger partial charge in [0.15, 0.2) is 0 Å². The zero-order valence-corrected chi connectivity index (χ0v) is 19.1. The molecule has 0 radical (unpaired) electrons. The summed E-state index contributed by atoms with van der Waals surface area (Å²) in [6, 6.07) is 22.5. The van der Waals surface area contributed by atoms with E-state index < -0.39 is 0 Å². The predicted molar refractivity (Wildman–Crippen MR) is 134 cm³/mol. The Kier molecular flexibility index (Phi) is 8.48. The molecule has 0 atom stereocenters. The van der Waals surface area contributed by atoms with Crippen molar-refractivity contribution in [3.05, 3.63) is 101 Å². The van der Waals surface area contributed by atoms with Crippen LogP contribution in [0, 0.1) is 0 Å². The molecule has 4 nitrogen and oxygen atoms in total. The van der Waals surface area contributed by atoms with Crippen molar-refractivity contribution in [2.45, 2.75) is 33.1 Å². The van der Waals surface area contributed by atoms with Crippen LogP contribution in [0.1, 0.15) is 55.4 Å². The summed E-state index contributed by atoms with van der Waals surface area (Å²) in [6.45, 7) is 4.30. The molecule has 0 saturated heterocycles. The van der Waals surface area contributed by atoms with Crippen LogP contribution in [-0.2, 0) is 9.53 Å². The van der Waals surface area contributed by atoms with Gasteiger partial charge >= 0.3 is 5.97 Å². The fourth-order valence-electron chi connectivity index (χ4n) is 3.69. The average molecular weight is 443 g/mol. The first-order chi connectivity index (χ1) is 16.0. The number of aromatic hydroxyl groups is 2. The minimum absolute atomic E-state index is 0.219. The second-order valence-corrected chi connectivity index (χ2v) is 7.76. The number of ether oxygens (including phenoxy) is 1. The monoisotopic (exact) mass is 442 g/mol. The summed E-state index contributed by atoms with van der Waals surface area (Å²) in [5.41, 5.74) is 6.25. The highest BCUT2D eigenvalue weighted by Gasteiger charge is 2.14. The van der Waals surface area contributed by atoms with E-state index >= 15 is 0 Å². The van der Waals surface area contributed by atoms with Gasteiger partial charge in [-0.1, -0.05) is 61.9 Å². The van der Waals surface area contributed by atoms with Crippen LogP contribution in [0.5, 0.6) is 11.5 Å². The third kappa shape index (κ3) is 6.59. The lowest BCUT2D eigenvalue weighted by molar-refractivity contribution is -0.137. The fourth-order valence-corrected chi connectivity index (χ4v) is 3.69. The summed E-state index contributed by atoms with van der Waals surface area (Å²) < 4.78 is 4.95. The third-order valence-corrected chi connectivity index (χ3v) is 5.35. The number of phenols is 2. The van der Waals surface area contributed by atoms with Gasteiger partial charge in [-0.05, 0) is 83.5 Å². The highest BCUT2D eigenvalue weighted by molar-refractivity contribution is 5.99. The second-order valence-electron chi connectivity index (χ2n) is 7.76. The van der Waals surface area contributed by atoms with Crippen LogP contribution < -0.4 is 0 Å². The molecule has 0 bridgehead atoms. The van der Waals surface area contributed by atoms with Crippen molar-refractivity contribution >= 4 is 23.2 Å². The first kappa shape index (κ1) is 23.9. The molecule has 0 amide bonds. The van der Waals surface area contributed by atoms with Gasteiger partial charge in [-0.2, -0.15) is 0 Å². The summed E-state index contributed by atoms with van der Waals surface area (Å²) in [5.74, 6) is 0.0837. The molecule has 0 aromatic heterocycles. The van der Waals surface area contributed by atoms with Gasteiger partial charge in [0.2, 0.25) is 0 Å². The van der Waals surface area contributed by atoms with Crippen LogP contribution in [0.4, 0.5) is 0 Å². The molecule has 33 heavy (non-hydrogen) atoms. The highest BCUT2D eigenvalue weighted by Crippen LogP contribution is 2.36. The molecule has 4 heteroatoms. The van der Waals surface area contributed by atoms with E-state index in [1.165, 1.54) is 11.6 Å². The Morgan fingerprint density at radius 3 is 1.79 bits per heavy atom. The second kappa shape index (κ2) is 11.7. The van der Waals surface area contributed by atoms with Gasteiger partial charge in [-0.15, -0.1) is 0 Å². The molecule has 0 saturated carbocycles. The first-order valence-electron chi connectivity index (χ1n) is 11.3. The number of hydrogen-bond acceptors (Lipinski definition) is 4. The molecule has 0 fully saturated rings. The van der Waals surface area contributed by atoms with Crippen molar-refractivity contribution < 1.29 is 19.7 Å². The van der Waals surface area contributed by atoms with Crippen LogP contribution >= 0.6 is 0 Å². The standard InChI is InChI=1S/C29H30O4/c1-3-5-6-27(22-10-7-21(8-11-22)9-20-28(32)33-4-2)29(23-12-16-25(30)17-13-23)24-14-18-26(31)19-15-24/h7-20,30-31H,3-6H2,1-2H3/b20-9+. The molecule has 0 aliphatic heterocycles. The highest BCUT2D eigenvalue weighted by atomic mass is 16.5. The van der Waals surface area contributed by atoms with Gasteiger partial charge < -0.3 is 14.9 Å². The van der Waals surface area contributed by atoms with Crippen LogP contribution in [0.15, 0.2) is 78.9 Å². The van der Waals surface area contributed by atoms with Crippen LogP contribution in [-0.4, -0.2) is 22.8 Å². The largest absolute Gasteiger partial charge is 0.508 e. The lowest BCUT2D eigenvalue weighted by atomic mass is 9.86. The zero-order chi connectivity index (χ0) is 23.6. The number of benzene rings is 3. The normalized spacial score (nSPS) is 10.8. The minimum atomic E-state index is -0.355. The Balaban J connectivity index is 2.10. The molecular weight excluding hydrogens is 412 g/mol. The number of unbranched alkanes of at least 4 members (excludes halogenated alkanes) is 1. The fraction of sp³-hybridized carbons (Fsp3) is 0.207. The summed E-state index contributed by atoms with van der Waals surface area (Å²) in [5, 5.41) is 19.6. The van der Waals surface area contributed by atoms with Gasteiger partial charge in [0.25, 0.3) is 0 Å². The van der Waals surface area contributed by atoms with Gasteiger partial charge in [0.05, 0.1) is 6.61 Å². The molecule has 0 heterocycles. The van der Waals surface area contributed by atoms with Crippen LogP contribution in [0.2, 0.25) is 0 Å². The Hall–Kier alpha value is -3.79. The molecule has 0 aliphatic carbocycles. The molecular formula is C29H30O4. The topological polar surface area (TPSA) is 66.8 Å². The molecule has 3 rings (SSSR count). The number of rotatable bonds is 9. The number of carbonyl (C=O) groups is 1. The van der Waals surface area contributed by atoms with Crippen molar-refractivity contribution in [1.29, 1.82) is 0 Å². The minimum Gasteiger partial charge on any atom is -0.508 e. The molecule has 3 aromatic rings. The van der Waals surface area contributed by atoms with Crippen LogP contribution in [0.3, 0.4) is 0 Å². The Labute approximate surface area is 195 Å². The van der Waals surface area contributed by atoms with Gasteiger partial charge in [0, 0.05) is 6.08 Å². The molecule has 3 aromatic carbocycles. The SMILES string of the molecule is CCCCC(=C(c1ccc(O)cc1)c1ccc(O)cc1)c1ccc(/C=C/C(=O)OCC)cc1. The number of phenolic OH excluding ortho intramolecular Hbond substituents is 2. The zero-order valence-electron chi connectivity index (χ0n) is 19.1.